The smallest absolute Gasteiger partial charge is 0.250 e. The Balaban J connectivity index is 1.89. The first kappa shape index (κ1) is 16.2. The molecular formula is C17H23NO4. The molecule has 120 valence electrons. The van der Waals surface area contributed by atoms with E-state index < -0.39 is 0 Å². The number of methoxy groups -OCH3 is 2. The number of hydrogen-bond acceptors (Lipinski definition) is 4. The number of benzene rings is 1. The monoisotopic (exact) mass is 305 g/mol. The van der Waals surface area contributed by atoms with E-state index in [0.29, 0.717) is 24.7 Å². The topological polar surface area (TPSA) is 56.8 Å². The van der Waals surface area contributed by atoms with Gasteiger partial charge in [0.25, 0.3) is 5.91 Å². The summed E-state index contributed by atoms with van der Waals surface area (Å²) in [5.41, 5.74) is 1.85. The summed E-state index contributed by atoms with van der Waals surface area (Å²) in [4.78, 5) is 12.1. The molecule has 1 amide bonds. The molecule has 0 radical (unpaired) electrons. The number of amides is 1. The minimum absolute atomic E-state index is 0.0299. The Morgan fingerprint density at radius 2 is 2.05 bits per heavy atom. The molecule has 0 aromatic heterocycles. The molecule has 22 heavy (non-hydrogen) atoms. The van der Waals surface area contributed by atoms with Gasteiger partial charge in [-0.15, -0.1) is 0 Å². The Bertz CT molecular complexity index is 566. The van der Waals surface area contributed by atoms with Crippen LogP contribution in [0.15, 0.2) is 29.5 Å². The molecule has 0 aliphatic carbocycles. The summed E-state index contributed by atoms with van der Waals surface area (Å²) in [6.45, 7) is 3.13. The fourth-order valence-electron chi connectivity index (χ4n) is 2.47. The zero-order chi connectivity index (χ0) is 15.9. The summed E-state index contributed by atoms with van der Waals surface area (Å²) < 4.78 is 15.9. The van der Waals surface area contributed by atoms with Crippen molar-refractivity contribution in [2.45, 2.75) is 26.2 Å². The third-order valence-electron chi connectivity index (χ3n) is 3.74. The van der Waals surface area contributed by atoms with Crippen LogP contribution in [0.1, 0.15) is 25.3 Å². The first-order valence-electron chi connectivity index (χ1n) is 7.47. The van der Waals surface area contributed by atoms with Gasteiger partial charge >= 0.3 is 0 Å². The number of hydrogen-bond donors (Lipinski definition) is 1. The van der Waals surface area contributed by atoms with Crippen molar-refractivity contribution in [1.82, 2.24) is 5.32 Å². The first-order chi connectivity index (χ1) is 10.7. The maximum absolute atomic E-state index is 12.1. The zero-order valence-electron chi connectivity index (χ0n) is 13.4. The third kappa shape index (κ3) is 3.93. The minimum Gasteiger partial charge on any atom is -0.498 e. The van der Waals surface area contributed by atoms with Crippen molar-refractivity contribution in [3.05, 3.63) is 35.1 Å². The molecule has 1 aliphatic heterocycles. The highest BCUT2D eigenvalue weighted by molar-refractivity contribution is 5.93. The van der Waals surface area contributed by atoms with Crippen LogP contribution >= 0.6 is 0 Å². The second kappa shape index (κ2) is 7.73. The maximum Gasteiger partial charge on any atom is 0.250 e. The van der Waals surface area contributed by atoms with E-state index in [9.17, 15) is 4.79 Å². The summed E-state index contributed by atoms with van der Waals surface area (Å²) >= 11 is 0. The molecule has 0 saturated heterocycles. The number of carbonyl (C=O) groups is 1. The summed E-state index contributed by atoms with van der Waals surface area (Å²) in [6.07, 6.45) is 2.42. The van der Waals surface area contributed by atoms with Gasteiger partial charge in [0.15, 0.2) is 11.5 Å². The van der Waals surface area contributed by atoms with Crippen molar-refractivity contribution < 1.29 is 19.0 Å². The van der Waals surface area contributed by atoms with Gasteiger partial charge in [0.05, 0.1) is 26.4 Å². The Morgan fingerprint density at radius 1 is 1.27 bits per heavy atom. The van der Waals surface area contributed by atoms with Gasteiger partial charge in [-0.25, -0.2) is 0 Å². The fourth-order valence-corrected chi connectivity index (χ4v) is 2.47. The Hall–Kier alpha value is -2.17. The van der Waals surface area contributed by atoms with Gasteiger partial charge in [0.2, 0.25) is 0 Å². The van der Waals surface area contributed by atoms with Crippen LogP contribution in [0.25, 0.3) is 0 Å². The second-order valence-corrected chi connectivity index (χ2v) is 5.18. The number of ether oxygens (including phenoxy) is 3. The number of rotatable bonds is 6. The molecular weight excluding hydrogens is 282 g/mol. The Kier molecular flexibility index (Phi) is 5.69. The fraction of sp³-hybridized carbons (Fsp3) is 0.471. The summed E-state index contributed by atoms with van der Waals surface area (Å²) in [7, 11) is 3.22. The van der Waals surface area contributed by atoms with E-state index in [1.165, 1.54) is 0 Å². The summed E-state index contributed by atoms with van der Waals surface area (Å²) in [5.74, 6) is 2.12. The lowest BCUT2D eigenvalue weighted by molar-refractivity contribution is -0.118. The zero-order valence-corrected chi connectivity index (χ0v) is 13.4. The molecule has 0 spiro atoms. The minimum atomic E-state index is -0.0299. The van der Waals surface area contributed by atoms with Gasteiger partial charge in [0, 0.05) is 6.54 Å². The van der Waals surface area contributed by atoms with E-state index >= 15 is 0 Å². The lowest BCUT2D eigenvalue weighted by Gasteiger charge is -2.18. The molecule has 1 aromatic rings. The van der Waals surface area contributed by atoms with E-state index in [0.717, 1.165) is 36.2 Å². The van der Waals surface area contributed by atoms with E-state index in [4.69, 9.17) is 14.2 Å². The molecule has 0 unspecified atom stereocenters. The van der Waals surface area contributed by atoms with Crippen LogP contribution in [-0.4, -0.2) is 33.3 Å². The van der Waals surface area contributed by atoms with Gasteiger partial charge in [0.1, 0.15) is 5.76 Å². The van der Waals surface area contributed by atoms with Crippen LogP contribution in [0.2, 0.25) is 0 Å². The van der Waals surface area contributed by atoms with Crippen LogP contribution in [0.5, 0.6) is 11.5 Å². The van der Waals surface area contributed by atoms with Gasteiger partial charge in [-0.2, -0.15) is 0 Å². The largest absolute Gasteiger partial charge is 0.498 e. The molecule has 0 saturated carbocycles. The van der Waals surface area contributed by atoms with Crippen LogP contribution < -0.4 is 14.8 Å². The molecule has 1 aliphatic rings. The summed E-state index contributed by atoms with van der Waals surface area (Å²) in [6, 6.07) is 5.78. The normalized spacial score (nSPS) is 14.3. The highest BCUT2D eigenvalue weighted by Gasteiger charge is 2.17. The number of allylic oxidation sites excluding steroid dienone is 1. The highest BCUT2D eigenvalue weighted by Crippen LogP contribution is 2.27. The number of carbonyl (C=O) groups excluding carboxylic acids is 1. The first-order valence-corrected chi connectivity index (χ1v) is 7.47. The van der Waals surface area contributed by atoms with Crippen LogP contribution in [-0.2, 0) is 16.0 Å². The Labute approximate surface area is 131 Å². The van der Waals surface area contributed by atoms with E-state index in [2.05, 4.69) is 5.32 Å². The predicted molar refractivity (Wildman–Crippen MR) is 84.1 cm³/mol. The average molecular weight is 305 g/mol. The highest BCUT2D eigenvalue weighted by atomic mass is 16.5. The van der Waals surface area contributed by atoms with Crippen LogP contribution in [0.4, 0.5) is 0 Å². The van der Waals surface area contributed by atoms with Crippen molar-refractivity contribution in [3.63, 3.8) is 0 Å². The predicted octanol–water partition coefficient (Wildman–Crippen LogP) is 2.45. The molecule has 0 bridgehead atoms. The number of nitrogens with one attached hydrogen (secondary N) is 1. The van der Waals surface area contributed by atoms with Crippen molar-refractivity contribution in [3.8, 4) is 11.5 Å². The Morgan fingerprint density at radius 3 is 2.73 bits per heavy atom. The lowest BCUT2D eigenvalue weighted by atomic mass is 10.1. The molecule has 5 heteroatoms. The van der Waals surface area contributed by atoms with Crippen molar-refractivity contribution >= 4 is 5.91 Å². The molecule has 5 nitrogen and oxygen atoms in total. The molecule has 1 heterocycles. The van der Waals surface area contributed by atoms with Crippen LogP contribution in [0, 0.1) is 0 Å². The standard InChI is InChI=1S/C17H23NO4/c1-12-14(5-4-10-22-12)17(19)18-9-8-13-6-7-15(20-2)16(11-13)21-3/h6-7,11H,4-5,8-10H2,1-3H3,(H,18,19). The van der Waals surface area contributed by atoms with E-state index in [-0.39, 0.29) is 5.91 Å². The van der Waals surface area contributed by atoms with Crippen LogP contribution in [0.3, 0.4) is 0 Å². The van der Waals surface area contributed by atoms with Gasteiger partial charge < -0.3 is 19.5 Å². The SMILES string of the molecule is COc1ccc(CCNC(=O)C2=C(C)OCCC2)cc1OC. The quantitative estimate of drug-likeness (QED) is 0.877. The van der Waals surface area contributed by atoms with Gasteiger partial charge in [-0.05, 0) is 43.9 Å². The molecule has 1 aromatic carbocycles. The molecule has 2 rings (SSSR count). The molecule has 0 atom stereocenters. The average Bonchev–Trinajstić information content (AvgIpc) is 2.55. The van der Waals surface area contributed by atoms with Gasteiger partial charge in [-0.3, -0.25) is 4.79 Å². The second-order valence-electron chi connectivity index (χ2n) is 5.18. The van der Waals surface area contributed by atoms with Crippen molar-refractivity contribution in [1.29, 1.82) is 0 Å². The van der Waals surface area contributed by atoms with E-state index in [1.807, 2.05) is 25.1 Å². The summed E-state index contributed by atoms with van der Waals surface area (Å²) in [5, 5.41) is 2.95. The van der Waals surface area contributed by atoms with Gasteiger partial charge in [-0.1, -0.05) is 6.07 Å². The lowest BCUT2D eigenvalue weighted by Crippen LogP contribution is -2.29. The molecule has 0 fully saturated rings. The molecule has 1 N–H and O–H groups in total. The maximum atomic E-state index is 12.1. The van der Waals surface area contributed by atoms with Crippen molar-refractivity contribution in [2.75, 3.05) is 27.4 Å². The van der Waals surface area contributed by atoms with E-state index in [1.54, 1.807) is 14.2 Å². The third-order valence-corrected chi connectivity index (χ3v) is 3.74. The van der Waals surface area contributed by atoms with Crippen molar-refractivity contribution in [2.24, 2.45) is 0 Å².